The highest BCUT2D eigenvalue weighted by Crippen LogP contribution is 2.25. The molecule has 3 heteroatoms. The Morgan fingerprint density at radius 2 is 1.89 bits per heavy atom. The van der Waals surface area contributed by atoms with Crippen LogP contribution in [0.25, 0.3) is 0 Å². The third-order valence-corrected chi connectivity index (χ3v) is 4.38. The van der Waals surface area contributed by atoms with Crippen LogP contribution in [0.15, 0.2) is 36.4 Å². The molecular formula is C15H15ClOS. The standard InChI is InChI=1S/C15H15ClOS/c1-3-10(2)11-4-6-12(7-5-11)15(17)13-8-9-14(16)18-13/h4-10H,3H2,1-2H3. The van der Waals surface area contributed by atoms with Crippen LogP contribution >= 0.6 is 22.9 Å². The van der Waals surface area contributed by atoms with Gasteiger partial charge in [-0.2, -0.15) is 0 Å². The number of carbonyl (C=O) groups is 1. The molecule has 1 aromatic carbocycles. The van der Waals surface area contributed by atoms with E-state index in [2.05, 4.69) is 13.8 Å². The molecule has 0 radical (unpaired) electrons. The van der Waals surface area contributed by atoms with Gasteiger partial charge in [-0.1, -0.05) is 49.7 Å². The second-order valence-corrected chi connectivity index (χ2v) is 6.08. The second kappa shape index (κ2) is 5.68. The summed E-state index contributed by atoms with van der Waals surface area (Å²) in [6.45, 7) is 4.35. The Morgan fingerprint density at radius 1 is 1.22 bits per heavy atom. The van der Waals surface area contributed by atoms with E-state index in [1.807, 2.05) is 24.3 Å². The molecule has 1 atom stereocenters. The number of hydrogen-bond donors (Lipinski definition) is 0. The fraction of sp³-hybridized carbons (Fsp3) is 0.267. The quantitative estimate of drug-likeness (QED) is 0.707. The molecule has 0 spiro atoms. The monoisotopic (exact) mass is 278 g/mol. The minimum Gasteiger partial charge on any atom is -0.288 e. The SMILES string of the molecule is CCC(C)c1ccc(C(=O)c2ccc(Cl)s2)cc1. The lowest BCUT2D eigenvalue weighted by atomic mass is 9.97. The number of benzene rings is 1. The number of hydrogen-bond acceptors (Lipinski definition) is 2. The summed E-state index contributed by atoms with van der Waals surface area (Å²) in [7, 11) is 0. The summed E-state index contributed by atoms with van der Waals surface area (Å²) in [5.41, 5.74) is 2.00. The molecule has 0 fully saturated rings. The summed E-state index contributed by atoms with van der Waals surface area (Å²) in [5.74, 6) is 0.577. The topological polar surface area (TPSA) is 17.1 Å². The Hall–Kier alpha value is -1.12. The van der Waals surface area contributed by atoms with Gasteiger partial charge in [-0.3, -0.25) is 4.79 Å². The Balaban J connectivity index is 2.22. The van der Waals surface area contributed by atoms with Gasteiger partial charge in [0.1, 0.15) is 0 Å². The zero-order valence-corrected chi connectivity index (χ0v) is 12.0. The predicted molar refractivity (Wildman–Crippen MR) is 77.9 cm³/mol. The minimum atomic E-state index is 0.0441. The van der Waals surface area contributed by atoms with Crippen molar-refractivity contribution >= 4 is 28.7 Å². The highest BCUT2D eigenvalue weighted by atomic mass is 35.5. The van der Waals surface area contributed by atoms with Gasteiger partial charge >= 0.3 is 0 Å². The van der Waals surface area contributed by atoms with E-state index >= 15 is 0 Å². The van der Waals surface area contributed by atoms with Gasteiger partial charge in [0, 0.05) is 5.56 Å². The van der Waals surface area contributed by atoms with Crippen LogP contribution in [0.4, 0.5) is 0 Å². The van der Waals surface area contributed by atoms with E-state index in [4.69, 9.17) is 11.6 Å². The van der Waals surface area contributed by atoms with Crippen molar-refractivity contribution in [2.75, 3.05) is 0 Å². The fourth-order valence-corrected chi connectivity index (χ4v) is 2.78. The molecule has 0 aliphatic heterocycles. The first kappa shape index (κ1) is 13.3. The average Bonchev–Trinajstić information content (AvgIpc) is 2.84. The lowest BCUT2D eigenvalue weighted by Gasteiger charge is -2.09. The van der Waals surface area contributed by atoms with Crippen LogP contribution in [0.1, 0.15) is 47.0 Å². The molecule has 0 saturated heterocycles. The normalized spacial score (nSPS) is 12.4. The maximum atomic E-state index is 12.2. The van der Waals surface area contributed by atoms with E-state index in [1.54, 1.807) is 12.1 Å². The molecule has 1 heterocycles. The summed E-state index contributed by atoms with van der Waals surface area (Å²) in [5, 5.41) is 0. The molecular weight excluding hydrogens is 264 g/mol. The smallest absolute Gasteiger partial charge is 0.202 e. The van der Waals surface area contributed by atoms with Crippen molar-refractivity contribution in [3.8, 4) is 0 Å². The average molecular weight is 279 g/mol. The molecule has 18 heavy (non-hydrogen) atoms. The molecule has 0 aliphatic rings. The van der Waals surface area contributed by atoms with Gasteiger partial charge < -0.3 is 0 Å². The first-order chi connectivity index (χ1) is 8.61. The summed E-state index contributed by atoms with van der Waals surface area (Å²) in [4.78, 5) is 12.9. The molecule has 0 bridgehead atoms. The van der Waals surface area contributed by atoms with E-state index < -0.39 is 0 Å². The zero-order chi connectivity index (χ0) is 13.1. The van der Waals surface area contributed by atoms with Gasteiger partial charge in [0.25, 0.3) is 0 Å². The van der Waals surface area contributed by atoms with Crippen LogP contribution in [0, 0.1) is 0 Å². The Morgan fingerprint density at radius 3 is 2.39 bits per heavy atom. The molecule has 1 aromatic heterocycles. The lowest BCUT2D eigenvalue weighted by molar-refractivity contribution is 0.104. The van der Waals surface area contributed by atoms with Crippen molar-refractivity contribution in [1.29, 1.82) is 0 Å². The van der Waals surface area contributed by atoms with Gasteiger partial charge in [-0.05, 0) is 30.0 Å². The van der Waals surface area contributed by atoms with Gasteiger partial charge in [-0.25, -0.2) is 0 Å². The van der Waals surface area contributed by atoms with Gasteiger partial charge in [0.15, 0.2) is 0 Å². The number of thiophene rings is 1. The molecule has 94 valence electrons. The van der Waals surface area contributed by atoms with Crippen molar-refractivity contribution < 1.29 is 4.79 Å². The lowest BCUT2D eigenvalue weighted by Crippen LogP contribution is -1.99. The Bertz CT molecular complexity index is 542. The van der Waals surface area contributed by atoms with Crippen LogP contribution < -0.4 is 0 Å². The molecule has 2 aromatic rings. The summed E-state index contributed by atoms with van der Waals surface area (Å²) < 4.78 is 0.648. The van der Waals surface area contributed by atoms with E-state index in [1.165, 1.54) is 16.9 Å². The first-order valence-corrected chi connectivity index (χ1v) is 7.21. The zero-order valence-electron chi connectivity index (χ0n) is 10.4. The number of ketones is 1. The Kier molecular flexibility index (Phi) is 4.20. The molecule has 2 rings (SSSR count). The van der Waals surface area contributed by atoms with Crippen LogP contribution in [0.5, 0.6) is 0 Å². The van der Waals surface area contributed by atoms with Crippen LogP contribution in [-0.2, 0) is 0 Å². The summed E-state index contributed by atoms with van der Waals surface area (Å²) in [6.07, 6.45) is 1.10. The highest BCUT2D eigenvalue weighted by Gasteiger charge is 2.12. The second-order valence-electron chi connectivity index (χ2n) is 4.36. The van der Waals surface area contributed by atoms with Crippen LogP contribution in [-0.4, -0.2) is 5.78 Å². The predicted octanol–water partition coefficient (Wildman–Crippen LogP) is 5.15. The van der Waals surface area contributed by atoms with Crippen molar-refractivity contribution in [2.24, 2.45) is 0 Å². The number of carbonyl (C=O) groups excluding carboxylic acids is 1. The number of rotatable bonds is 4. The highest BCUT2D eigenvalue weighted by molar-refractivity contribution is 7.18. The molecule has 0 amide bonds. The van der Waals surface area contributed by atoms with Crippen molar-refractivity contribution in [3.05, 3.63) is 56.7 Å². The van der Waals surface area contributed by atoms with Crippen LogP contribution in [0.2, 0.25) is 4.34 Å². The minimum absolute atomic E-state index is 0.0441. The largest absolute Gasteiger partial charge is 0.288 e. The maximum absolute atomic E-state index is 12.2. The molecule has 1 nitrogen and oxygen atoms in total. The summed E-state index contributed by atoms with van der Waals surface area (Å²) in [6, 6.07) is 11.4. The fourth-order valence-electron chi connectivity index (χ4n) is 1.78. The third kappa shape index (κ3) is 2.82. The van der Waals surface area contributed by atoms with Crippen LogP contribution in [0.3, 0.4) is 0 Å². The van der Waals surface area contributed by atoms with E-state index in [0.717, 1.165) is 12.0 Å². The van der Waals surface area contributed by atoms with Crippen molar-refractivity contribution in [3.63, 3.8) is 0 Å². The third-order valence-electron chi connectivity index (χ3n) is 3.15. The van der Waals surface area contributed by atoms with E-state index in [-0.39, 0.29) is 5.78 Å². The molecule has 0 saturated carbocycles. The molecule has 0 N–H and O–H groups in total. The number of halogens is 1. The maximum Gasteiger partial charge on any atom is 0.202 e. The summed E-state index contributed by atoms with van der Waals surface area (Å²) >= 11 is 7.17. The van der Waals surface area contributed by atoms with Gasteiger partial charge in [0.2, 0.25) is 5.78 Å². The van der Waals surface area contributed by atoms with Crippen molar-refractivity contribution in [2.45, 2.75) is 26.2 Å². The van der Waals surface area contributed by atoms with Gasteiger partial charge in [0.05, 0.1) is 9.21 Å². The Labute approximate surface area is 116 Å². The van der Waals surface area contributed by atoms with E-state index in [9.17, 15) is 4.79 Å². The molecule has 0 aliphatic carbocycles. The van der Waals surface area contributed by atoms with Crippen molar-refractivity contribution in [1.82, 2.24) is 0 Å². The molecule has 1 unspecified atom stereocenters. The van der Waals surface area contributed by atoms with E-state index in [0.29, 0.717) is 15.1 Å². The first-order valence-electron chi connectivity index (χ1n) is 6.01. The van der Waals surface area contributed by atoms with Gasteiger partial charge in [-0.15, -0.1) is 11.3 Å².